The van der Waals surface area contributed by atoms with E-state index in [0.29, 0.717) is 21.8 Å². The molecule has 0 heterocycles. The predicted molar refractivity (Wildman–Crippen MR) is 128 cm³/mol. The van der Waals surface area contributed by atoms with Gasteiger partial charge in [-0.1, -0.05) is 52.1 Å². The van der Waals surface area contributed by atoms with Crippen LogP contribution in [0.4, 0.5) is 0 Å². The summed E-state index contributed by atoms with van der Waals surface area (Å²) in [7, 11) is 0.689. The van der Waals surface area contributed by atoms with Crippen molar-refractivity contribution < 1.29 is 19.5 Å². The van der Waals surface area contributed by atoms with E-state index in [-0.39, 0.29) is 19.5 Å². The van der Waals surface area contributed by atoms with Crippen LogP contribution in [0.1, 0.15) is 55.4 Å². The molecule has 0 N–H and O–H groups in total. The zero-order valence-corrected chi connectivity index (χ0v) is 24.1. The number of rotatable bonds is 8. The molecule has 0 atom stereocenters. The van der Waals surface area contributed by atoms with Crippen molar-refractivity contribution in [3.8, 4) is 0 Å². The third kappa shape index (κ3) is 12.2. The first kappa shape index (κ1) is 30.8. The Hall–Kier alpha value is 1.10. The van der Waals surface area contributed by atoms with Crippen molar-refractivity contribution in [3.63, 3.8) is 0 Å². The van der Waals surface area contributed by atoms with Gasteiger partial charge in [0.2, 0.25) is 0 Å². The first-order chi connectivity index (χ1) is 11.4. The van der Waals surface area contributed by atoms with E-state index >= 15 is 0 Å². The maximum atomic E-state index is 5.43. The molecule has 0 aliphatic heterocycles. The van der Waals surface area contributed by atoms with Gasteiger partial charge in [0.1, 0.15) is 0 Å². The molecule has 0 aliphatic rings. The van der Waals surface area contributed by atoms with Gasteiger partial charge in [-0.05, 0) is 36.3 Å². The summed E-state index contributed by atoms with van der Waals surface area (Å²) in [6.07, 6.45) is 0. The molecule has 0 radical (unpaired) electrons. The SMILES string of the molecule is CCN(CC)C(=S)[S-](CC)CC.CCN(CC)C(=S)[S-](CC)CC.[Zn+2]. The third-order valence-electron chi connectivity index (χ3n) is 3.93. The zero-order chi connectivity index (χ0) is 19.1. The van der Waals surface area contributed by atoms with Crippen LogP contribution in [0.15, 0.2) is 0 Å². The molecule has 0 bridgehead atoms. The Morgan fingerprint density at radius 3 is 0.880 bits per heavy atom. The Morgan fingerprint density at radius 1 is 0.560 bits per heavy atom. The zero-order valence-electron chi connectivity index (χ0n) is 17.9. The summed E-state index contributed by atoms with van der Waals surface area (Å²) >= 11 is 10.9. The van der Waals surface area contributed by atoms with Gasteiger partial charge < -0.3 is 31.6 Å². The van der Waals surface area contributed by atoms with Gasteiger partial charge in [-0.25, -0.2) is 0 Å². The second kappa shape index (κ2) is 19.9. The van der Waals surface area contributed by atoms with Gasteiger partial charge in [-0.2, -0.15) is 0 Å². The van der Waals surface area contributed by atoms with Crippen LogP contribution in [-0.2, 0) is 41.3 Å². The average Bonchev–Trinajstić information content (AvgIpc) is 2.60. The number of nitrogens with zero attached hydrogens (tertiary/aromatic N) is 2. The summed E-state index contributed by atoms with van der Waals surface area (Å²) in [5.41, 5.74) is 0. The topological polar surface area (TPSA) is 6.48 Å². The van der Waals surface area contributed by atoms with Crippen LogP contribution in [0.25, 0.3) is 0 Å². The summed E-state index contributed by atoms with van der Waals surface area (Å²) in [4.78, 5) is 4.59. The molecule has 0 aromatic rings. The summed E-state index contributed by atoms with van der Waals surface area (Å²) < 4.78 is 2.37. The fourth-order valence-corrected chi connectivity index (χ4v) is 7.21. The third-order valence-corrected chi connectivity index (χ3v) is 10.2. The van der Waals surface area contributed by atoms with Crippen molar-refractivity contribution in [3.05, 3.63) is 0 Å². The molecule has 0 amide bonds. The number of hydrogen-bond acceptors (Lipinski definition) is 4. The van der Waals surface area contributed by atoms with Gasteiger partial charge in [0, 0.05) is 26.2 Å². The Morgan fingerprint density at radius 2 is 0.760 bits per heavy atom. The molecular formula is C18H40N2S4Zn. The van der Waals surface area contributed by atoms with E-state index in [9.17, 15) is 0 Å². The maximum absolute atomic E-state index is 5.43. The minimum Gasteiger partial charge on any atom is -0.459 e. The normalized spacial score (nSPS) is 10.7. The molecular weight excluding hydrogens is 438 g/mol. The van der Waals surface area contributed by atoms with E-state index in [1.807, 2.05) is 0 Å². The van der Waals surface area contributed by atoms with Crippen LogP contribution in [0.2, 0.25) is 0 Å². The molecule has 0 aromatic carbocycles. The molecule has 0 saturated carbocycles. The van der Waals surface area contributed by atoms with Gasteiger partial charge >= 0.3 is 19.5 Å². The molecule has 0 aliphatic carbocycles. The van der Waals surface area contributed by atoms with E-state index in [1.54, 1.807) is 0 Å². The van der Waals surface area contributed by atoms with Crippen molar-refractivity contribution in [2.24, 2.45) is 0 Å². The van der Waals surface area contributed by atoms with Crippen LogP contribution >= 0.6 is 24.4 Å². The summed E-state index contributed by atoms with van der Waals surface area (Å²) in [5, 5.41) is 0. The minimum absolute atomic E-state index is 0. The van der Waals surface area contributed by atoms with Crippen molar-refractivity contribution in [2.75, 3.05) is 49.2 Å². The molecule has 148 valence electrons. The van der Waals surface area contributed by atoms with Crippen LogP contribution in [0.5, 0.6) is 0 Å². The predicted octanol–water partition coefficient (Wildman–Crippen LogP) is 4.54. The quantitative estimate of drug-likeness (QED) is 0.287. The van der Waals surface area contributed by atoms with Crippen LogP contribution in [0, 0.1) is 0 Å². The smallest absolute Gasteiger partial charge is 0.459 e. The Bertz CT molecular complexity index is 267. The first-order valence-corrected chi connectivity index (χ1v) is 13.3. The van der Waals surface area contributed by atoms with Crippen molar-refractivity contribution >= 4 is 54.9 Å². The largest absolute Gasteiger partial charge is 2.00 e. The van der Waals surface area contributed by atoms with Crippen LogP contribution < -0.4 is 0 Å². The van der Waals surface area contributed by atoms with Gasteiger partial charge in [-0.15, -0.1) is 23.0 Å². The second-order valence-corrected chi connectivity index (χ2v) is 11.4. The second-order valence-electron chi connectivity index (χ2n) is 5.02. The fraction of sp³-hybridized carbons (Fsp3) is 0.889. The van der Waals surface area contributed by atoms with Gasteiger partial charge in [-0.3, -0.25) is 0 Å². The average molecular weight is 478 g/mol. The monoisotopic (exact) mass is 476 g/mol. The molecule has 0 rings (SSSR count). The molecule has 2 nitrogen and oxygen atoms in total. The molecule has 7 heteroatoms. The van der Waals surface area contributed by atoms with Crippen LogP contribution in [-0.4, -0.2) is 67.6 Å². The van der Waals surface area contributed by atoms with Gasteiger partial charge in [0.05, 0.1) is 0 Å². The summed E-state index contributed by atoms with van der Waals surface area (Å²) in [6.45, 7) is 21.8. The molecule has 0 fully saturated rings. The van der Waals surface area contributed by atoms with E-state index in [0.717, 1.165) is 26.2 Å². The summed E-state index contributed by atoms with van der Waals surface area (Å²) in [6, 6.07) is 0. The van der Waals surface area contributed by atoms with Crippen molar-refractivity contribution in [1.29, 1.82) is 0 Å². The van der Waals surface area contributed by atoms with Gasteiger partial charge in [0.15, 0.2) is 0 Å². The molecule has 0 aromatic heterocycles. The Balaban J connectivity index is -0.000000372. The van der Waals surface area contributed by atoms with Crippen LogP contribution in [0.3, 0.4) is 0 Å². The van der Waals surface area contributed by atoms with E-state index in [4.69, 9.17) is 24.4 Å². The van der Waals surface area contributed by atoms with Gasteiger partial charge in [0.25, 0.3) is 0 Å². The van der Waals surface area contributed by atoms with E-state index < -0.39 is 0 Å². The Kier molecular flexibility index (Phi) is 24.5. The molecule has 0 spiro atoms. The summed E-state index contributed by atoms with van der Waals surface area (Å²) in [5.74, 6) is 4.80. The number of thiocarbonyl (C=S) groups is 2. The van der Waals surface area contributed by atoms with E-state index in [2.05, 4.69) is 65.2 Å². The Labute approximate surface area is 187 Å². The number of hydrogen-bond donors (Lipinski definition) is 0. The van der Waals surface area contributed by atoms with Crippen molar-refractivity contribution in [1.82, 2.24) is 9.80 Å². The molecule has 0 unspecified atom stereocenters. The fourth-order valence-electron chi connectivity index (χ4n) is 2.23. The molecule has 0 saturated heterocycles. The minimum atomic E-state index is 0. The van der Waals surface area contributed by atoms with E-state index in [1.165, 1.54) is 31.7 Å². The maximum Gasteiger partial charge on any atom is 2.00 e. The first-order valence-electron chi connectivity index (χ1n) is 9.34. The van der Waals surface area contributed by atoms with Crippen molar-refractivity contribution in [2.45, 2.75) is 55.4 Å². The standard InChI is InChI=1S/2C9H20NS2.Zn/c2*1-5-10(6-2)9(11)12(7-3)8-4;/h2*5-8H2,1-4H3;/q2*-1;+2. The molecule has 25 heavy (non-hydrogen) atoms.